The number of carbonyl (C=O) groups is 2. The van der Waals surface area contributed by atoms with E-state index < -0.39 is 17.7 Å². The molecule has 4 aliphatic carbocycles. The zero-order valence-electron chi connectivity index (χ0n) is 32.8. The van der Waals surface area contributed by atoms with E-state index >= 15 is 0 Å². The van der Waals surface area contributed by atoms with Crippen molar-refractivity contribution < 1.29 is 19.1 Å². The van der Waals surface area contributed by atoms with Gasteiger partial charge in [-0.15, -0.1) is 0 Å². The molecule has 1 N–H and O–H groups in total. The minimum absolute atomic E-state index is 0.121. The molecule has 1 unspecified atom stereocenters. The predicted octanol–water partition coefficient (Wildman–Crippen LogP) is 11.2. The van der Waals surface area contributed by atoms with Crippen LogP contribution in [0.4, 0.5) is 4.79 Å². The van der Waals surface area contributed by atoms with Crippen LogP contribution >= 0.6 is 0 Å². The second kappa shape index (κ2) is 13.9. The molecule has 8 atom stereocenters. The molecule has 5 heteroatoms. The molecule has 4 aliphatic rings. The SMILES string of the molecule is CC(C)=CCC[C@@H](C)[C@H]1CC[C@@]2(C)C3=C(CC[C@]12C)[C@@]1(C)CC[C@H](OC(=O)[C@H](Cc2ccccc2)NC(=O)OC(C)(C)C)C(C)(C)C1CC3. The number of carbonyl (C=O) groups excluding carboxylic acids is 2. The van der Waals surface area contributed by atoms with E-state index in [4.69, 9.17) is 9.47 Å². The van der Waals surface area contributed by atoms with Gasteiger partial charge in [0.1, 0.15) is 17.7 Å². The van der Waals surface area contributed by atoms with Gasteiger partial charge in [-0.1, -0.05) is 94.7 Å². The lowest BCUT2D eigenvalue weighted by atomic mass is 9.43. The third-order valence-electron chi connectivity index (χ3n) is 14.1. The number of allylic oxidation sites excluding steroid dienone is 4. The highest BCUT2D eigenvalue weighted by molar-refractivity contribution is 5.82. The highest BCUT2D eigenvalue weighted by Crippen LogP contribution is 2.72. The highest BCUT2D eigenvalue weighted by atomic mass is 16.6. The zero-order chi connectivity index (χ0) is 36.0. The van der Waals surface area contributed by atoms with Gasteiger partial charge in [-0.3, -0.25) is 0 Å². The summed E-state index contributed by atoms with van der Waals surface area (Å²) in [6, 6.07) is 9.00. The topological polar surface area (TPSA) is 64.6 Å². The van der Waals surface area contributed by atoms with Crippen LogP contribution in [0.1, 0.15) is 146 Å². The smallest absolute Gasteiger partial charge is 0.408 e. The van der Waals surface area contributed by atoms with Gasteiger partial charge in [0.05, 0.1) is 0 Å². The highest BCUT2D eigenvalue weighted by Gasteiger charge is 2.63. The number of esters is 1. The molecule has 0 aromatic heterocycles. The number of hydrogen-bond donors (Lipinski definition) is 1. The van der Waals surface area contributed by atoms with Gasteiger partial charge in [-0.25, -0.2) is 9.59 Å². The molecule has 5 rings (SSSR count). The van der Waals surface area contributed by atoms with E-state index in [1.807, 2.05) is 51.1 Å². The first kappa shape index (κ1) is 37.7. The number of benzene rings is 1. The Labute approximate surface area is 298 Å². The lowest BCUT2D eigenvalue weighted by Gasteiger charge is -2.62. The molecule has 0 saturated heterocycles. The van der Waals surface area contributed by atoms with E-state index in [0.717, 1.165) is 36.7 Å². The van der Waals surface area contributed by atoms with Crippen LogP contribution in [0.15, 0.2) is 53.1 Å². The Bertz CT molecular complexity index is 1430. The number of fused-ring (bicyclic) bond motifs is 4. The summed E-state index contributed by atoms with van der Waals surface area (Å²) < 4.78 is 12.0. The Balaban J connectivity index is 1.34. The van der Waals surface area contributed by atoms with Crippen LogP contribution in [-0.4, -0.2) is 29.8 Å². The third-order valence-corrected chi connectivity index (χ3v) is 14.1. The second-order valence-corrected chi connectivity index (χ2v) is 18.9. The van der Waals surface area contributed by atoms with Crippen molar-refractivity contribution in [1.82, 2.24) is 5.32 Å². The Morgan fingerprint density at radius 3 is 2.29 bits per heavy atom. The molecule has 0 aliphatic heterocycles. The van der Waals surface area contributed by atoms with E-state index in [1.54, 1.807) is 11.1 Å². The van der Waals surface area contributed by atoms with E-state index in [0.29, 0.717) is 17.8 Å². The summed E-state index contributed by atoms with van der Waals surface area (Å²) >= 11 is 0. The number of ether oxygens (including phenoxy) is 2. The Morgan fingerprint density at radius 2 is 1.63 bits per heavy atom. The molecular formula is C44H67NO4. The monoisotopic (exact) mass is 674 g/mol. The number of hydrogen-bond acceptors (Lipinski definition) is 4. The van der Waals surface area contributed by atoms with Crippen LogP contribution in [0.5, 0.6) is 0 Å². The summed E-state index contributed by atoms with van der Waals surface area (Å²) in [5.74, 6) is 1.59. The van der Waals surface area contributed by atoms with Gasteiger partial charge in [-0.2, -0.15) is 0 Å². The number of amides is 1. The molecule has 0 radical (unpaired) electrons. The molecule has 0 bridgehead atoms. The number of nitrogens with one attached hydrogen (secondary N) is 1. The fourth-order valence-corrected chi connectivity index (χ4v) is 11.4. The van der Waals surface area contributed by atoms with Crippen molar-refractivity contribution in [3.63, 3.8) is 0 Å². The van der Waals surface area contributed by atoms with Crippen molar-refractivity contribution in [3.05, 3.63) is 58.7 Å². The molecule has 272 valence electrons. The van der Waals surface area contributed by atoms with Gasteiger partial charge in [0.15, 0.2) is 0 Å². The summed E-state index contributed by atoms with van der Waals surface area (Å²) in [5, 5.41) is 2.85. The molecule has 2 saturated carbocycles. The Kier molecular flexibility index (Phi) is 10.7. The van der Waals surface area contributed by atoms with Crippen molar-refractivity contribution in [2.24, 2.45) is 39.4 Å². The van der Waals surface area contributed by atoms with Crippen molar-refractivity contribution in [2.45, 2.75) is 165 Å². The number of alkyl carbamates (subject to hydrolysis) is 1. The summed E-state index contributed by atoms with van der Waals surface area (Å²) in [6.45, 7) is 25.0. The molecular weight excluding hydrogens is 606 g/mol. The third kappa shape index (κ3) is 7.29. The molecule has 5 nitrogen and oxygen atoms in total. The molecule has 1 aromatic rings. The van der Waals surface area contributed by atoms with Crippen LogP contribution in [-0.2, 0) is 20.7 Å². The van der Waals surface area contributed by atoms with Crippen LogP contribution in [0.3, 0.4) is 0 Å². The molecule has 49 heavy (non-hydrogen) atoms. The zero-order valence-corrected chi connectivity index (χ0v) is 32.8. The lowest BCUT2D eigenvalue weighted by molar-refractivity contribution is -0.172. The normalized spacial score (nSPS) is 33.3. The van der Waals surface area contributed by atoms with Crippen molar-refractivity contribution in [3.8, 4) is 0 Å². The molecule has 0 heterocycles. The van der Waals surface area contributed by atoms with Crippen LogP contribution in [0.25, 0.3) is 0 Å². The first-order valence-electron chi connectivity index (χ1n) is 19.4. The summed E-state index contributed by atoms with van der Waals surface area (Å²) in [5.41, 5.74) is 5.86. The minimum Gasteiger partial charge on any atom is -0.460 e. The van der Waals surface area contributed by atoms with Gasteiger partial charge >= 0.3 is 12.1 Å². The van der Waals surface area contributed by atoms with Gasteiger partial charge in [-0.05, 0) is 138 Å². The van der Waals surface area contributed by atoms with Gasteiger partial charge in [0.25, 0.3) is 0 Å². The average Bonchev–Trinajstić information content (AvgIpc) is 3.28. The van der Waals surface area contributed by atoms with Crippen LogP contribution < -0.4 is 5.32 Å². The van der Waals surface area contributed by atoms with Gasteiger partial charge in [0.2, 0.25) is 0 Å². The lowest BCUT2D eigenvalue weighted by Crippen LogP contribution is -2.56. The van der Waals surface area contributed by atoms with Crippen molar-refractivity contribution >= 4 is 12.1 Å². The van der Waals surface area contributed by atoms with E-state index in [1.165, 1.54) is 50.5 Å². The Morgan fingerprint density at radius 1 is 0.939 bits per heavy atom. The fraction of sp³-hybridized carbons (Fsp3) is 0.727. The standard InChI is InChI=1S/C44H67NO4/c1-29(2)16-15-17-30(3)32-22-26-44(11)34-20-21-36-41(7,8)37(24-25-42(36,9)33(34)23-27-43(32,44)10)48-38(46)35(28-31-18-13-12-14-19-31)45-39(47)49-40(4,5)6/h12-14,16,18-19,30,32,35-37H,15,17,20-28H2,1-11H3,(H,45,47)/t30-,32-,35+,36?,37+,42-,43-,44+/m1/s1. The first-order chi connectivity index (χ1) is 22.8. The van der Waals surface area contributed by atoms with Gasteiger partial charge in [0, 0.05) is 11.8 Å². The summed E-state index contributed by atoms with van der Waals surface area (Å²) in [4.78, 5) is 26.8. The number of rotatable bonds is 9. The minimum atomic E-state index is -0.822. The van der Waals surface area contributed by atoms with E-state index in [-0.39, 0.29) is 28.3 Å². The first-order valence-corrected chi connectivity index (χ1v) is 19.4. The maximum absolute atomic E-state index is 14.0. The maximum atomic E-state index is 14.0. The summed E-state index contributed by atoms with van der Waals surface area (Å²) in [6.07, 6.45) is 13.8. The predicted molar refractivity (Wildman–Crippen MR) is 200 cm³/mol. The van der Waals surface area contributed by atoms with Gasteiger partial charge < -0.3 is 14.8 Å². The van der Waals surface area contributed by atoms with Crippen LogP contribution in [0, 0.1) is 39.4 Å². The molecule has 0 spiro atoms. The molecule has 1 amide bonds. The molecule has 1 aromatic carbocycles. The van der Waals surface area contributed by atoms with Crippen molar-refractivity contribution in [1.29, 1.82) is 0 Å². The maximum Gasteiger partial charge on any atom is 0.408 e. The second-order valence-electron chi connectivity index (χ2n) is 18.9. The van der Waals surface area contributed by atoms with Crippen LogP contribution in [0.2, 0.25) is 0 Å². The van der Waals surface area contributed by atoms with E-state index in [9.17, 15) is 9.59 Å². The van der Waals surface area contributed by atoms with Crippen molar-refractivity contribution in [2.75, 3.05) is 0 Å². The largest absolute Gasteiger partial charge is 0.460 e. The summed E-state index contributed by atoms with van der Waals surface area (Å²) in [7, 11) is 0. The Hall–Kier alpha value is -2.56. The van der Waals surface area contributed by atoms with E-state index in [2.05, 4.69) is 66.8 Å². The average molecular weight is 674 g/mol. The molecule has 2 fully saturated rings. The quantitative estimate of drug-likeness (QED) is 0.209. The fourth-order valence-electron chi connectivity index (χ4n) is 11.4.